The van der Waals surface area contributed by atoms with Gasteiger partial charge in [0.2, 0.25) is 5.95 Å². The van der Waals surface area contributed by atoms with Crippen molar-refractivity contribution in [2.75, 3.05) is 49.4 Å². The molecule has 1 atom stereocenters. The van der Waals surface area contributed by atoms with Crippen LogP contribution < -0.4 is 15.5 Å². The van der Waals surface area contributed by atoms with Crippen LogP contribution in [0.3, 0.4) is 0 Å². The molecule has 2 aliphatic rings. The molecule has 204 valence electrons. The van der Waals surface area contributed by atoms with Crippen LogP contribution in [0.1, 0.15) is 9.78 Å². The quantitative estimate of drug-likeness (QED) is 0.451. The molecule has 0 saturated carbocycles. The molecular weight excluding hydrogens is 513 g/mol. The molecule has 2 aromatic carbocycles. The maximum absolute atomic E-state index is 14.3. The number of hydrogen-bond acceptors (Lipinski definition) is 8. The Labute approximate surface area is 223 Å². The summed E-state index contributed by atoms with van der Waals surface area (Å²) in [7, 11) is -3.66. The summed E-state index contributed by atoms with van der Waals surface area (Å²) in [6.07, 6.45) is 1.08. The molecule has 2 aliphatic heterocycles. The lowest BCUT2D eigenvalue weighted by molar-refractivity contribution is 0.000735. The first kappa shape index (κ1) is 26.0. The normalized spacial score (nSPS) is 18.1. The number of aromatic nitrogens is 2. The number of nitrogens with one attached hydrogen (secondary N) is 2. The predicted molar refractivity (Wildman–Crippen MR) is 145 cm³/mol. The summed E-state index contributed by atoms with van der Waals surface area (Å²) < 4.78 is 49.9. The third-order valence-corrected chi connectivity index (χ3v) is 7.52. The van der Waals surface area contributed by atoms with Gasteiger partial charge in [0.25, 0.3) is 0 Å². The number of anilines is 2. The zero-order chi connectivity index (χ0) is 26.9. The zero-order valence-corrected chi connectivity index (χ0v) is 21.8. The largest absolute Gasteiger partial charge is 0.377 e. The third kappa shape index (κ3) is 5.77. The fourth-order valence-corrected chi connectivity index (χ4v) is 5.17. The number of carbonyl (C=O) groups excluding carboxylic acids is 1. The van der Waals surface area contributed by atoms with Gasteiger partial charge in [0.15, 0.2) is 9.84 Å². The summed E-state index contributed by atoms with van der Waals surface area (Å²) in [5.74, 6) is -0.183. The van der Waals surface area contributed by atoms with Gasteiger partial charge >= 0.3 is 6.03 Å². The number of morpholine rings is 1. The predicted octanol–water partition coefficient (Wildman–Crippen LogP) is 3.59. The number of carbonyl (C=O) groups is 1. The van der Waals surface area contributed by atoms with Crippen LogP contribution in [0.2, 0.25) is 0 Å². The summed E-state index contributed by atoms with van der Waals surface area (Å²) in [4.78, 5) is 23.6. The van der Waals surface area contributed by atoms with Gasteiger partial charge in [-0.3, -0.25) is 0 Å². The first-order valence-corrected chi connectivity index (χ1v) is 14.1. The van der Waals surface area contributed by atoms with Crippen LogP contribution in [0.5, 0.6) is 0 Å². The molecule has 2 N–H and O–H groups in total. The van der Waals surface area contributed by atoms with Crippen molar-refractivity contribution >= 4 is 27.5 Å². The number of nitrogens with zero attached hydrogens (tertiary/aromatic N) is 3. The van der Waals surface area contributed by atoms with Gasteiger partial charge in [-0.15, -0.1) is 0 Å². The fraction of sp³-hybridized carbons (Fsp3) is 0.346. The first-order valence-electron chi connectivity index (χ1n) is 12.2. The molecule has 2 fully saturated rings. The Morgan fingerprint density at radius 2 is 1.79 bits per heavy atom. The van der Waals surface area contributed by atoms with Crippen molar-refractivity contribution in [3.8, 4) is 22.5 Å². The molecule has 0 unspecified atom stereocenters. The van der Waals surface area contributed by atoms with E-state index in [1.807, 2.05) is 11.8 Å². The van der Waals surface area contributed by atoms with Crippen molar-refractivity contribution in [1.29, 1.82) is 0 Å². The Balaban J connectivity index is 0.00000220. The van der Waals surface area contributed by atoms with E-state index in [4.69, 9.17) is 14.5 Å². The molecule has 0 radical (unpaired) electrons. The molecule has 5 rings (SSSR count). The van der Waals surface area contributed by atoms with Gasteiger partial charge in [0, 0.05) is 32.5 Å². The highest BCUT2D eigenvalue weighted by atomic mass is 32.2. The van der Waals surface area contributed by atoms with E-state index in [1.165, 1.54) is 12.1 Å². The molecular formula is C26H32FN5O5S. The van der Waals surface area contributed by atoms with Crippen LogP contribution in [0.15, 0.2) is 53.4 Å². The number of hydrogen-bond donors (Lipinski definition) is 2. The zero-order valence-electron chi connectivity index (χ0n) is 21.0. The average molecular weight is 546 g/mol. The van der Waals surface area contributed by atoms with Gasteiger partial charge < -0.3 is 25.0 Å². The van der Waals surface area contributed by atoms with Gasteiger partial charge in [0.05, 0.1) is 54.8 Å². The van der Waals surface area contributed by atoms with Crippen LogP contribution in [-0.4, -0.2) is 75.7 Å². The molecule has 38 heavy (non-hydrogen) atoms. The molecule has 3 aromatic rings. The maximum atomic E-state index is 14.3. The van der Waals surface area contributed by atoms with Crippen LogP contribution >= 0.6 is 0 Å². The number of amides is 2. The molecule has 12 heteroatoms. The number of sulfone groups is 1. The van der Waals surface area contributed by atoms with Crippen molar-refractivity contribution in [3.63, 3.8) is 0 Å². The second kappa shape index (κ2) is 10.6. The van der Waals surface area contributed by atoms with Crippen molar-refractivity contribution in [2.45, 2.75) is 23.9 Å². The minimum Gasteiger partial charge on any atom is -0.377 e. The van der Waals surface area contributed by atoms with Gasteiger partial charge in [0.1, 0.15) is 5.82 Å². The van der Waals surface area contributed by atoms with E-state index in [1.54, 1.807) is 30.3 Å². The minimum absolute atomic E-state index is 0. The third-order valence-electron chi connectivity index (χ3n) is 6.37. The van der Waals surface area contributed by atoms with Crippen LogP contribution in [0, 0.1) is 5.82 Å². The average Bonchev–Trinajstić information content (AvgIpc) is 2.86. The number of halogens is 1. The topological polar surface area (TPSA) is 123 Å². The van der Waals surface area contributed by atoms with Gasteiger partial charge in [-0.25, -0.2) is 27.6 Å². The van der Waals surface area contributed by atoms with E-state index in [-0.39, 0.29) is 37.1 Å². The standard InChI is InChI=1S/C26H28FN5O5S.2H2/c1-16-13-36-10-9-32(16)25-30-22(12-23(31-25)21-11-18(27)5-8-24(21)38(2,34)35)17-3-6-19(7-4-17)28-26(33)29-20-14-37-15-20;;/h3-8,11-12,16,20H,9-10,13-15H2,1-2H3,(H2,28,29,33);2*1H/t16-;;/m0../s1. The van der Waals surface area contributed by atoms with Gasteiger partial charge in [-0.2, -0.15) is 0 Å². The molecule has 2 amide bonds. The van der Waals surface area contributed by atoms with Crippen molar-refractivity contribution in [3.05, 3.63) is 54.3 Å². The van der Waals surface area contributed by atoms with E-state index in [0.717, 1.165) is 12.3 Å². The summed E-state index contributed by atoms with van der Waals surface area (Å²) in [5, 5.41) is 5.60. The van der Waals surface area contributed by atoms with Crippen LogP contribution in [-0.2, 0) is 19.3 Å². The smallest absolute Gasteiger partial charge is 0.319 e. The molecule has 10 nitrogen and oxygen atoms in total. The van der Waals surface area contributed by atoms with E-state index in [9.17, 15) is 17.6 Å². The van der Waals surface area contributed by atoms with E-state index < -0.39 is 15.7 Å². The SMILES string of the molecule is C[C@H]1COCCN1c1nc(-c2ccc(NC(=O)NC3COC3)cc2)cc(-c2cc(F)ccc2S(C)(=O)=O)n1.[HH].[HH]. The first-order chi connectivity index (χ1) is 18.2. The molecule has 2 saturated heterocycles. The Morgan fingerprint density at radius 3 is 2.45 bits per heavy atom. The number of benzene rings is 2. The lowest BCUT2D eigenvalue weighted by Gasteiger charge is -2.33. The van der Waals surface area contributed by atoms with Crippen molar-refractivity contribution in [2.24, 2.45) is 0 Å². The minimum atomic E-state index is -3.66. The van der Waals surface area contributed by atoms with E-state index in [0.29, 0.717) is 55.9 Å². The molecule has 3 heterocycles. The van der Waals surface area contributed by atoms with E-state index in [2.05, 4.69) is 15.6 Å². The lowest BCUT2D eigenvalue weighted by atomic mass is 10.1. The lowest BCUT2D eigenvalue weighted by Crippen LogP contribution is -2.49. The summed E-state index contributed by atoms with van der Waals surface area (Å²) >= 11 is 0. The Bertz CT molecular complexity index is 1460. The Morgan fingerprint density at radius 1 is 1.05 bits per heavy atom. The molecule has 0 bridgehead atoms. The summed E-state index contributed by atoms with van der Waals surface area (Å²) in [6, 6.07) is 11.9. The Kier molecular flexibility index (Phi) is 7.28. The summed E-state index contributed by atoms with van der Waals surface area (Å²) in [6.45, 7) is 4.53. The highest BCUT2D eigenvalue weighted by Crippen LogP contribution is 2.32. The molecule has 0 spiro atoms. The highest BCUT2D eigenvalue weighted by molar-refractivity contribution is 7.90. The molecule has 0 aliphatic carbocycles. The second-order valence-corrected chi connectivity index (χ2v) is 11.4. The highest BCUT2D eigenvalue weighted by Gasteiger charge is 2.25. The maximum Gasteiger partial charge on any atom is 0.319 e. The monoisotopic (exact) mass is 545 g/mol. The Hall–Kier alpha value is -3.61. The van der Waals surface area contributed by atoms with Crippen molar-refractivity contribution < 1.29 is 29.9 Å². The number of rotatable bonds is 6. The van der Waals surface area contributed by atoms with Crippen LogP contribution in [0.4, 0.5) is 20.8 Å². The number of ether oxygens (including phenoxy) is 2. The van der Waals surface area contributed by atoms with Gasteiger partial charge in [-0.05, 0) is 43.3 Å². The summed E-state index contributed by atoms with van der Waals surface area (Å²) in [5.41, 5.74) is 2.27. The molecule has 1 aromatic heterocycles. The van der Waals surface area contributed by atoms with Crippen LogP contribution in [0.25, 0.3) is 22.5 Å². The fourth-order valence-electron chi connectivity index (χ4n) is 4.29. The number of urea groups is 1. The van der Waals surface area contributed by atoms with E-state index >= 15 is 0 Å². The van der Waals surface area contributed by atoms with Crippen molar-refractivity contribution in [1.82, 2.24) is 15.3 Å². The second-order valence-electron chi connectivity index (χ2n) is 9.38. The van der Waals surface area contributed by atoms with Gasteiger partial charge in [-0.1, -0.05) is 12.1 Å².